The Balaban J connectivity index is 1.39. The van der Waals surface area contributed by atoms with Crippen molar-refractivity contribution < 1.29 is 18.8 Å². The van der Waals surface area contributed by atoms with E-state index in [1.807, 2.05) is 4.90 Å². The third-order valence-electron chi connectivity index (χ3n) is 5.54. The summed E-state index contributed by atoms with van der Waals surface area (Å²) in [6.45, 7) is 4.05. The van der Waals surface area contributed by atoms with Crippen LogP contribution in [0.2, 0.25) is 0 Å². The number of halogens is 1. The lowest BCUT2D eigenvalue weighted by Crippen LogP contribution is -2.56. The van der Waals surface area contributed by atoms with Gasteiger partial charge in [0, 0.05) is 43.1 Å². The Morgan fingerprint density at radius 2 is 1.62 bits per heavy atom. The van der Waals surface area contributed by atoms with E-state index in [0.717, 1.165) is 5.69 Å². The van der Waals surface area contributed by atoms with Gasteiger partial charge in [-0.25, -0.2) is 9.38 Å². The van der Waals surface area contributed by atoms with Crippen LogP contribution in [-0.4, -0.2) is 60.7 Å². The average Bonchev–Trinajstić information content (AvgIpc) is 2.79. The molecule has 1 unspecified atom stereocenters. The van der Waals surface area contributed by atoms with Crippen molar-refractivity contribution in [1.29, 1.82) is 0 Å². The molecular weight excluding hydrogens is 413 g/mol. The first-order valence-electron chi connectivity index (χ1n) is 10.4. The minimum Gasteiger partial charge on any atom is -0.368 e. The summed E-state index contributed by atoms with van der Waals surface area (Å²) in [5.41, 5.74) is 2.03. The van der Waals surface area contributed by atoms with Crippen LogP contribution in [0.5, 0.6) is 0 Å². The number of hydrogen-bond donors (Lipinski definition) is 2. The highest BCUT2D eigenvalue weighted by atomic mass is 19.1. The van der Waals surface area contributed by atoms with Crippen LogP contribution in [0.25, 0.3) is 0 Å². The zero-order valence-corrected chi connectivity index (χ0v) is 17.7. The van der Waals surface area contributed by atoms with Crippen molar-refractivity contribution in [3.05, 3.63) is 59.9 Å². The average molecular weight is 437 g/mol. The number of aliphatic imine (C=N–C) groups is 1. The van der Waals surface area contributed by atoms with E-state index in [0.29, 0.717) is 43.4 Å². The van der Waals surface area contributed by atoms with Crippen LogP contribution in [-0.2, 0) is 9.59 Å². The predicted molar refractivity (Wildman–Crippen MR) is 119 cm³/mol. The van der Waals surface area contributed by atoms with Gasteiger partial charge in [0.2, 0.25) is 17.8 Å². The largest absolute Gasteiger partial charge is 0.368 e. The van der Waals surface area contributed by atoms with Crippen LogP contribution in [0.1, 0.15) is 23.7 Å². The molecule has 0 aliphatic carbocycles. The molecule has 32 heavy (non-hydrogen) atoms. The smallest absolute Gasteiger partial charge is 0.249 e. The molecule has 2 aliphatic rings. The van der Waals surface area contributed by atoms with Crippen molar-refractivity contribution in [3.8, 4) is 0 Å². The number of carbonyl (C=O) groups is 3. The van der Waals surface area contributed by atoms with E-state index >= 15 is 0 Å². The maximum Gasteiger partial charge on any atom is 0.249 e. The van der Waals surface area contributed by atoms with Crippen LogP contribution in [0.4, 0.5) is 15.8 Å². The van der Waals surface area contributed by atoms with Crippen molar-refractivity contribution in [2.75, 3.05) is 36.4 Å². The summed E-state index contributed by atoms with van der Waals surface area (Å²) in [4.78, 5) is 44.9. The zero-order valence-electron chi connectivity index (χ0n) is 17.7. The minimum atomic E-state index is -0.832. The molecule has 0 aromatic heterocycles. The van der Waals surface area contributed by atoms with E-state index in [2.05, 4.69) is 20.5 Å². The summed E-state index contributed by atoms with van der Waals surface area (Å²) in [6, 6.07) is 12.1. The van der Waals surface area contributed by atoms with Gasteiger partial charge in [-0.2, -0.15) is 0 Å². The highest BCUT2D eigenvalue weighted by Crippen LogP contribution is 2.18. The number of ketones is 1. The van der Waals surface area contributed by atoms with Crippen LogP contribution in [0.15, 0.2) is 53.5 Å². The molecule has 2 heterocycles. The number of hydrogen-bond acceptors (Lipinski definition) is 6. The SMILES string of the molecule is CC(=O)c1ccc(NC(=O)C2CC(=O)NC(N3CCN(c4ccc(F)cc4)CC3)=N2)cc1. The van der Waals surface area contributed by atoms with Gasteiger partial charge in [0.1, 0.15) is 11.9 Å². The van der Waals surface area contributed by atoms with Gasteiger partial charge in [-0.15, -0.1) is 0 Å². The molecule has 166 valence electrons. The summed E-state index contributed by atoms with van der Waals surface area (Å²) in [5.74, 6) is -0.570. The number of piperazine rings is 1. The molecule has 4 rings (SSSR count). The number of carbonyl (C=O) groups excluding carboxylic acids is 3. The third-order valence-corrected chi connectivity index (χ3v) is 5.54. The Morgan fingerprint density at radius 1 is 1.00 bits per heavy atom. The van der Waals surface area contributed by atoms with Gasteiger partial charge < -0.3 is 15.1 Å². The van der Waals surface area contributed by atoms with E-state index < -0.39 is 6.04 Å². The monoisotopic (exact) mass is 437 g/mol. The molecule has 0 spiro atoms. The lowest BCUT2D eigenvalue weighted by Gasteiger charge is -2.38. The Kier molecular flexibility index (Phi) is 6.16. The molecular formula is C23H24FN5O3. The Morgan fingerprint density at radius 3 is 2.25 bits per heavy atom. The number of guanidine groups is 1. The third kappa shape index (κ3) is 4.93. The summed E-state index contributed by atoms with van der Waals surface area (Å²) in [5, 5.41) is 5.53. The van der Waals surface area contributed by atoms with Crippen molar-refractivity contribution in [1.82, 2.24) is 10.2 Å². The first-order chi connectivity index (χ1) is 15.4. The normalized spacial score (nSPS) is 18.6. The topological polar surface area (TPSA) is 94.1 Å². The number of amides is 2. The van der Waals surface area contributed by atoms with Crippen molar-refractivity contribution >= 4 is 34.9 Å². The van der Waals surface area contributed by atoms with E-state index in [4.69, 9.17) is 0 Å². The second-order valence-corrected chi connectivity index (χ2v) is 7.79. The number of nitrogens with one attached hydrogen (secondary N) is 2. The lowest BCUT2D eigenvalue weighted by atomic mass is 10.1. The quantitative estimate of drug-likeness (QED) is 0.714. The molecule has 2 aliphatic heterocycles. The molecule has 0 saturated carbocycles. The summed E-state index contributed by atoms with van der Waals surface area (Å²) >= 11 is 0. The fourth-order valence-corrected chi connectivity index (χ4v) is 3.73. The van der Waals surface area contributed by atoms with Gasteiger partial charge in [0.25, 0.3) is 0 Å². The van der Waals surface area contributed by atoms with Crippen molar-refractivity contribution in [3.63, 3.8) is 0 Å². The van der Waals surface area contributed by atoms with Crippen molar-refractivity contribution in [2.45, 2.75) is 19.4 Å². The molecule has 1 fully saturated rings. The molecule has 2 N–H and O–H groups in total. The number of nitrogens with zero attached hydrogens (tertiary/aromatic N) is 3. The van der Waals surface area contributed by atoms with Gasteiger partial charge in [0.15, 0.2) is 5.78 Å². The van der Waals surface area contributed by atoms with E-state index in [1.54, 1.807) is 36.4 Å². The standard InChI is InChI=1S/C23H24FN5O3/c1-15(30)16-2-6-18(7-3-16)25-22(32)20-14-21(31)27-23(26-20)29-12-10-28(11-13-29)19-8-4-17(24)5-9-19/h2-9,20H,10-14H2,1H3,(H,25,32)(H,26,27,31). The van der Waals surface area contributed by atoms with E-state index in [-0.39, 0.29) is 29.8 Å². The van der Waals surface area contributed by atoms with E-state index in [9.17, 15) is 18.8 Å². The first kappa shape index (κ1) is 21.5. The molecule has 2 aromatic rings. The minimum absolute atomic E-state index is 0.0313. The second kappa shape index (κ2) is 9.17. The molecule has 1 atom stereocenters. The molecule has 1 saturated heterocycles. The second-order valence-electron chi connectivity index (χ2n) is 7.79. The van der Waals surface area contributed by atoms with Gasteiger partial charge >= 0.3 is 0 Å². The van der Waals surface area contributed by atoms with Crippen LogP contribution in [0.3, 0.4) is 0 Å². The number of anilines is 2. The molecule has 0 bridgehead atoms. The van der Waals surface area contributed by atoms with Gasteiger partial charge in [-0.05, 0) is 55.5 Å². The van der Waals surface area contributed by atoms with Gasteiger partial charge in [-0.1, -0.05) is 0 Å². The Hall–Kier alpha value is -3.75. The van der Waals surface area contributed by atoms with Crippen LogP contribution < -0.4 is 15.5 Å². The fraction of sp³-hybridized carbons (Fsp3) is 0.304. The fourth-order valence-electron chi connectivity index (χ4n) is 3.73. The number of Topliss-reactive ketones (excluding diaryl/α,β-unsaturated/α-hetero) is 1. The highest BCUT2D eigenvalue weighted by Gasteiger charge is 2.30. The van der Waals surface area contributed by atoms with Crippen LogP contribution in [0, 0.1) is 5.82 Å². The predicted octanol–water partition coefficient (Wildman–Crippen LogP) is 2.03. The van der Waals surface area contributed by atoms with Gasteiger partial charge in [0.05, 0.1) is 6.42 Å². The molecule has 2 aromatic carbocycles. The zero-order chi connectivity index (χ0) is 22.7. The molecule has 8 nitrogen and oxygen atoms in total. The maximum absolute atomic E-state index is 13.2. The lowest BCUT2D eigenvalue weighted by molar-refractivity contribution is -0.125. The number of rotatable bonds is 4. The highest BCUT2D eigenvalue weighted by molar-refractivity contribution is 6.06. The van der Waals surface area contributed by atoms with Crippen molar-refractivity contribution in [2.24, 2.45) is 4.99 Å². The maximum atomic E-state index is 13.2. The molecule has 2 amide bonds. The summed E-state index contributed by atoms with van der Waals surface area (Å²) < 4.78 is 13.2. The number of benzene rings is 2. The molecule has 0 radical (unpaired) electrons. The first-order valence-corrected chi connectivity index (χ1v) is 10.4. The molecule has 9 heteroatoms. The Labute approximate surface area is 185 Å². The van der Waals surface area contributed by atoms with Gasteiger partial charge in [-0.3, -0.25) is 19.7 Å². The Bertz CT molecular complexity index is 1040. The summed E-state index contributed by atoms with van der Waals surface area (Å²) in [7, 11) is 0. The van der Waals surface area contributed by atoms with Crippen LogP contribution >= 0.6 is 0 Å². The summed E-state index contributed by atoms with van der Waals surface area (Å²) in [6.07, 6.45) is -0.0313. The van der Waals surface area contributed by atoms with E-state index in [1.165, 1.54) is 19.1 Å².